The van der Waals surface area contributed by atoms with Crippen molar-refractivity contribution in [2.24, 2.45) is 0 Å². The lowest BCUT2D eigenvalue weighted by Crippen LogP contribution is -2.34. The average Bonchev–Trinajstić information content (AvgIpc) is 2.50. The maximum atomic E-state index is 3.80. The molecule has 2 aromatic carbocycles. The van der Waals surface area contributed by atoms with E-state index in [0.717, 1.165) is 11.7 Å². The molecule has 0 amide bonds. The maximum Gasteiger partial charge on any atom is 0.0480 e. The summed E-state index contributed by atoms with van der Waals surface area (Å²) in [5.41, 5.74) is 2.74. The Kier molecular flexibility index (Phi) is 4.66. The van der Waals surface area contributed by atoms with Crippen molar-refractivity contribution in [1.82, 2.24) is 0 Å². The third-order valence-corrected chi connectivity index (χ3v) is 5.08. The molecule has 0 aromatic heterocycles. The van der Waals surface area contributed by atoms with E-state index >= 15 is 0 Å². The normalized spacial score (nSPS) is 20.6. The fourth-order valence-electron chi connectivity index (χ4n) is 2.81. The third kappa shape index (κ3) is 3.51. The van der Waals surface area contributed by atoms with E-state index in [0.29, 0.717) is 6.04 Å². The van der Waals surface area contributed by atoms with Crippen LogP contribution in [0.1, 0.15) is 24.3 Å². The number of hydrogen-bond acceptors (Lipinski definition) is 2. The molecule has 2 aromatic rings. The van der Waals surface area contributed by atoms with Crippen molar-refractivity contribution in [1.29, 1.82) is 0 Å². The summed E-state index contributed by atoms with van der Waals surface area (Å²) in [6, 6.07) is 20.0. The predicted molar refractivity (Wildman–Crippen MR) is 93.2 cm³/mol. The van der Waals surface area contributed by atoms with Crippen molar-refractivity contribution in [2.45, 2.75) is 29.7 Å². The molecule has 1 fully saturated rings. The van der Waals surface area contributed by atoms with Gasteiger partial charge in [0.2, 0.25) is 0 Å². The van der Waals surface area contributed by atoms with Gasteiger partial charge in [-0.05, 0) is 36.5 Å². The summed E-state index contributed by atoms with van der Waals surface area (Å²) < 4.78 is 0. The molecule has 21 heavy (non-hydrogen) atoms. The molecule has 0 bridgehead atoms. The molecule has 0 saturated heterocycles. The number of benzene rings is 2. The van der Waals surface area contributed by atoms with E-state index in [-0.39, 0.29) is 0 Å². The third-order valence-electron chi connectivity index (χ3n) is 4.01. The Morgan fingerprint density at radius 3 is 2.52 bits per heavy atom. The second kappa shape index (κ2) is 6.86. The lowest BCUT2D eigenvalue weighted by molar-refractivity contribution is 0.374. The summed E-state index contributed by atoms with van der Waals surface area (Å²) in [6.07, 6.45) is 4.41. The van der Waals surface area contributed by atoms with Gasteiger partial charge in [0.1, 0.15) is 0 Å². The Morgan fingerprint density at radius 2 is 1.76 bits per heavy atom. The number of thioether (sulfide) groups is 1. The Balaban J connectivity index is 1.58. The summed E-state index contributed by atoms with van der Waals surface area (Å²) in [7, 11) is 0. The zero-order chi connectivity index (χ0) is 14.5. The second-order valence-electron chi connectivity index (χ2n) is 5.52. The first-order valence-electron chi connectivity index (χ1n) is 7.51. The van der Waals surface area contributed by atoms with Gasteiger partial charge in [0.15, 0.2) is 0 Å². The molecule has 2 heteroatoms. The lowest BCUT2D eigenvalue weighted by Gasteiger charge is -2.37. The molecule has 3 rings (SSSR count). The van der Waals surface area contributed by atoms with Gasteiger partial charge >= 0.3 is 0 Å². The van der Waals surface area contributed by atoms with E-state index in [9.17, 15) is 0 Å². The van der Waals surface area contributed by atoms with Gasteiger partial charge in [-0.1, -0.05) is 48.5 Å². The minimum Gasteiger partial charge on any atom is -0.381 e. The molecule has 0 atom stereocenters. The average molecular weight is 295 g/mol. The van der Waals surface area contributed by atoms with Crippen LogP contribution >= 0.6 is 11.8 Å². The van der Waals surface area contributed by atoms with Crippen LogP contribution in [-0.4, -0.2) is 11.8 Å². The lowest BCUT2D eigenvalue weighted by atomic mass is 9.76. The summed E-state index contributed by atoms with van der Waals surface area (Å²) in [5.74, 6) is 1.67. The van der Waals surface area contributed by atoms with Crippen LogP contribution in [0.4, 0.5) is 5.69 Å². The van der Waals surface area contributed by atoms with E-state index in [1.165, 1.54) is 29.0 Å². The van der Waals surface area contributed by atoms with E-state index in [4.69, 9.17) is 0 Å². The molecular weight excluding hydrogens is 274 g/mol. The molecule has 1 N–H and O–H groups in total. The molecule has 1 nitrogen and oxygen atoms in total. The van der Waals surface area contributed by atoms with Crippen LogP contribution in [0.3, 0.4) is 0 Å². The quantitative estimate of drug-likeness (QED) is 0.571. The predicted octanol–water partition coefficient (Wildman–Crippen LogP) is 5.32. The van der Waals surface area contributed by atoms with Gasteiger partial charge in [0.25, 0.3) is 0 Å². The van der Waals surface area contributed by atoms with Gasteiger partial charge in [0.05, 0.1) is 0 Å². The van der Waals surface area contributed by atoms with Crippen LogP contribution in [-0.2, 0) is 0 Å². The largest absolute Gasteiger partial charge is 0.381 e. The zero-order valence-electron chi connectivity index (χ0n) is 12.2. The summed E-state index contributed by atoms with van der Waals surface area (Å²) >= 11 is 1.84. The van der Waals surface area contributed by atoms with Crippen LogP contribution < -0.4 is 5.32 Å². The van der Waals surface area contributed by atoms with Gasteiger partial charge in [-0.15, -0.1) is 18.3 Å². The van der Waals surface area contributed by atoms with Crippen molar-refractivity contribution < 1.29 is 0 Å². The van der Waals surface area contributed by atoms with Crippen molar-refractivity contribution in [3.8, 4) is 0 Å². The molecule has 108 valence electrons. The highest BCUT2D eigenvalue weighted by Crippen LogP contribution is 2.39. The van der Waals surface area contributed by atoms with Crippen molar-refractivity contribution >= 4 is 17.4 Å². The Hall–Kier alpha value is -1.67. The number of para-hydroxylation sites is 1. The van der Waals surface area contributed by atoms with Gasteiger partial charge in [-0.25, -0.2) is 0 Å². The summed E-state index contributed by atoms with van der Waals surface area (Å²) in [4.78, 5) is 1.32. The second-order valence-corrected chi connectivity index (χ2v) is 6.58. The molecule has 1 aliphatic rings. The monoisotopic (exact) mass is 295 g/mol. The Labute approximate surface area is 131 Å². The first-order chi connectivity index (χ1) is 10.4. The van der Waals surface area contributed by atoms with Crippen LogP contribution in [0.2, 0.25) is 0 Å². The maximum absolute atomic E-state index is 3.80. The molecule has 0 aliphatic heterocycles. The fraction of sp³-hybridized carbons (Fsp3) is 0.263. The minimum absolute atomic E-state index is 0.598. The van der Waals surface area contributed by atoms with E-state index in [2.05, 4.69) is 66.5 Å². The summed E-state index contributed by atoms with van der Waals surface area (Å²) in [5, 5.41) is 3.70. The highest BCUT2D eigenvalue weighted by atomic mass is 32.2. The van der Waals surface area contributed by atoms with Crippen LogP contribution in [0, 0.1) is 0 Å². The van der Waals surface area contributed by atoms with Crippen molar-refractivity contribution in [3.63, 3.8) is 0 Å². The molecule has 0 heterocycles. The van der Waals surface area contributed by atoms with Crippen molar-refractivity contribution in [3.05, 3.63) is 72.8 Å². The van der Waals surface area contributed by atoms with E-state index in [1.54, 1.807) is 0 Å². The summed E-state index contributed by atoms with van der Waals surface area (Å²) in [6.45, 7) is 3.80. The number of hydrogen-bond donors (Lipinski definition) is 1. The highest BCUT2D eigenvalue weighted by molar-refractivity contribution is 7.99. The van der Waals surface area contributed by atoms with E-state index < -0.39 is 0 Å². The standard InChI is InChI=1S/C19H21NS/c1-2-12-21-19-11-7-6-10-18(19)20-17-13-16(14-17)15-8-4-3-5-9-15/h2-11,16-17,20H,1,12-14H2. The van der Waals surface area contributed by atoms with Crippen LogP contribution in [0.15, 0.2) is 72.1 Å². The molecule has 0 unspecified atom stereocenters. The Morgan fingerprint density at radius 1 is 1.05 bits per heavy atom. The number of nitrogens with one attached hydrogen (secondary N) is 1. The molecule has 1 saturated carbocycles. The van der Waals surface area contributed by atoms with Gasteiger partial charge in [0, 0.05) is 22.4 Å². The fourth-order valence-corrected chi connectivity index (χ4v) is 3.57. The molecular formula is C19H21NS. The first kappa shape index (κ1) is 14.3. The number of anilines is 1. The smallest absolute Gasteiger partial charge is 0.0480 e. The van der Waals surface area contributed by atoms with Gasteiger partial charge in [-0.2, -0.15) is 0 Å². The minimum atomic E-state index is 0.598. The van der Waals surface area contributed by atoms with Crippen LogP contribution in [0.25, 0.3) is 0 Å². The molecule has 1 aliphatic carbocycles. The van der Waals surface area contributed by atoms with Crippen molar-refractivity contribution in [2.75, 3.05) is 11.1 Å². The molecule has 0 spiro atoms. The van der Waals surface area contributed by atoms with Crippen LogP contribution in [0.5, 0.6) is 0 Å². The van der Waals surface area contributed by atoms with Gasteiger partial charge < -0.3 is 5.32 Å². The Bertz CT molecular complexity index is 588. The van der Waals surface area contributed by atoms with E-state index in [1.807, 2.05) is 17.8 Å². The SMILES string of the molecule is C=CCSc1ccccc1NC1CC(c2ccccc2)C1. The number of rotatable bonds is 6. The highest BCUT2D eigenvalue weighted by Gasteiger charge is 2.30. The zero-order valence-corrected chi connectivity index (χ0v) is 13.0. The van der Waals surface area contributed by atoms with Gasteiger partial charge in [-0.3, -0.25) is 0 Å². The molecule has 0 radical (unpaired) electrons. The first-order valence-corrected chi connectivity index (χ1v) is 8.49. The topological polar surface area (TPSA) is 12.0 Å².